The minimum Gasteiger partial charge on any atom is -0.488 e. The Balaban J connectivity index is 1.65. The fourth-order valence-electron chi connectivity index (χ4n) is 5.65. The van der Waals surface area contributed by atoms with Gasteiger partial charge in [-0.05, 0) is 56.2 Å². The number of nitrogens with zero attached hydrogens (tertiary/aromatic N) is 2. The zero-order chi connectivity index (χ0) is 39.4. The van der Waals surface area contributed by atoms with Crippen molar-refractivity contribution in [1.29, 1.82) is 5.26 Å². The van der Waals surface area contributed by atoms with Crippen LogP contribution in [-0.2, 0) is 22.7 Å². The SMILES string of the molecule is CC(CO)(NCc1cc(Cl)c(OCC2(OCCCNC(CO)(CO)CO)C=CC=C(c3ccccc3)C2(C)Cl)cc1OCc1cncc(C#N)c1)C(=O)O. The molecule has 0 bridgehead atoms. The second kappa shape index (κ2) is 19.0. The molecule has 3 unspecified atom stereocenters. The van der Waals surface area contributed by atoms with Crippen LogP contribution in [0.3, 0.4) is 0 Å². The van der Waals surface area contributed by atoms with Gasteiger partial charge in [-0.1, -0.05) is 54.1 Å². The molecule has 1 aliphatic rings. The fraction of sp³-hybridized carbons (Fsp3) is 0.410. The number of allylic oxidation sites excluding steroid dienone is 2. The molecule has 13 nitrogen and oxygen atoms in total. The van der Waals surface area contributed by atoms with Gasteiger partial charge >= 0.3 is 5.97 Å². The van der Waals surface area contributed by atoms with Crippen LogP contribution in [0.5, 0.6) is 11.5 Å². The van der Waals surface area contributed by atoms with Crippen molar-refractivity contribution in [3.63, 3.8) is 0 Å². The Hall–Kier alpha value is -4.07. The standard InChI is InChI=1S/C39H46Cl2N4O9/c1-36(22-46,35(50)51)45-20-30-15-32(40)34(16-33(30)52-21-28-14-27(17-42)18-43-19-28)53-26-39(54-13-7-12-44-38(23-47,24-48)25-49)11-6-10-31(37(39,2)41)29-8-4-3-5-9-29/h3-6,8-11,14-16,18-19,44-49H,7,12-13,20-26H2,1-2H3,(H,50,51). The maximum Gasteiger partial charge on any atom is 0.326 e. The number of aliphatic carboxylic acids is 1. The van der Waals surface area contributed by atoms with Crippen LogP contribution >= 0.6 is 23.2 Å². The number of nitrogens with one attached hydrogen (secondary N) is 2. The molecule has 1 heterocycles. The van der Waals surface area contributed by atoms with Crippen LogP contribution < -0.4 is 20.1 Å². The van der Waals surface area contributed by atoms with Crippen LogP contribution in [0.25, 0.3) is 5.57 Å². The van der Waals surface area contributed by atoms with Crippen molar-refractivity contribution in [3.8, 4) is 17.6 Å². The molecular weight excluding hydrogens is 739 g/mol. The summed E-state index contributed by atoms with van der Waals surface area (Å²) in [5.41, 5.74) is -1.08. The summed E-state index contributed by atoms with van der Waals surface area (Å²) >= 11 is 14.3. The third-order valence-corrected chi connectivity index (χ3v) is 10.3. The molecule has 1 aliphatic carbocycles. The molecule has 0 radical (unpaired) electrons. The summed E-state index contributed by atoms with van der Waals surface area (Å²) in [4.78, 5) is 14.8. The van der Waals surface area contributed by atoms with Gasteiger partial charge in [0, 0.05) is 42.7 Å². The van der Waals surface area contributed by atoms with E-state index in [1.807, 2.05) is 61.6 Å². The lowest BCUT2D eigenvalue weighted by Crippen LogP contribution is -2.56. The van der Waals surface area contributed by atoms with E-state index in [-0.39, 0.29) is 42.9 Å². The summed E-state index contributed by atoms with van der Waals surface area (Å²) in [5, 5.41) is 63.9. The highest BCUT2D eigenvalue weighted by Gasteiger charge is 2.51. The number of halogens is 2. The molecule has 0 saturated carbocycles. The number of carboxylic acids is 1. The average molecular weight is 786 g/mol. The third kappa shape index (κ3) is 9.96. The summed E-state index contributed by atoms with van der Waals surface area (Å²) in [6.45, 7) is 1.43. The monoisotopic (exact) mass is 784 g/mol. The number of aliphatic hydroxyl groups excluding tert-OH is 4. The molecular formula is C39H46Cl2N4O9. The summed E-state index contributed by atoms with van der Waals surface area (Å²) in [5.74, 6) is -0.752. The number of carbonyl (C=O) groups is 1. The van der Waals surface area contributed by atoms with Gasteiger partial charge in [-0.3, -0.25) is 15.1 Å². The van der Waals surface area contributed by atoms with E-state index in [1.54, 1.807) is 24.4 Å². The van der Waals surface area contributed by atoms with E-state index < -0.39 is 53.9 Å². The van der Waals surface area contributed by atoms with Crippen LogP contribution in [0.1, 0.15) is 42.5 Å². The topological polar surface area (TPSA) is 207 Å². The number of nitriles is 1. The molecule has 2 aromatic carbocycles. The molecule has 7 N–H and O–H groups in total. The van der Waals surface area contributed by atoms with Gasteiger partial charge < -0.3 is 45.1 Å². The molecule has 0 aliphatic heterocycles. The van der Waals surface area contributed by atoms with Crippen molar-refractivity contribution in [1.82, 2.24) is 15.6 Å². The first-order valence-electron chi connectivity index (χ1n) is 17.2. The second-order valence-electron chi connectivity index (χ2n) is 13.4. The number of alkyl halides is 1. The molecule has 0 amide bonds. The van der Waals surface area contributed by atoms with E-state index in [4.69, 9.17) is 37.4 Å². The fourth-order valence-corrected chi connectivity index (χ4v) is 6.24. The van der Waals surface area contributed by atoms with Crippen LogP contribution in [0.15, 0.2) is 79.2 Å². The van der Waals surface area contributed by atoms with Gasteiger partial charge in [0.15, 0.2) is 0 Å². The Kier molecular flexibility index (Phi) is 15.0. The van der Waals surface area contributed by atoms with Gasteiger partial charge in [0.25, 0.3) is 0 Å². The highest BCUT2D eigenvalue weighted by atomic mass is 35.5. The first kappa shape index (κ1) is 42.7. The van der Waals surface area contributed by atoms with Crippen molar-refractivity contribution in [3.05, 3.63) is 106 Å². The maximum atomic E-state index is 11.9. The lowest BCUT2D eigenvalue weighted by atomic mass is 9.76. The Labute approximate surface area is 324 Å². The number of ether oxygens (including phenoxy) is 3. The number of pyridine rings is 1. The lowest BCUT2D eigenvalue weighted by molar-refractivity contribution is -0.145. The van der Waals surface area contributed by atoms with Crippen molar-refractivity contribution < 1.29 is 44.5 Å². The Morgan fingerprint density at radius 1 is 1.00 bits per heavy atom. The number of hydrogen-bond acceptors (Lipinski definition) is 12. The number of aliphatic hydroxyl groups is 4. The minimum atomic E-state index is -1.65. The summed E-state index contributed by atoms with van der Waals surface area (Å²) in [6, 6.07) is 16.4. The predicted molar refractivity (Wildman–Crippen MR) is 203 cm³/mol. The maximum absolute atomic E-state index is 11.9. The third-order valence-electron chi connectivity index (χ3n) is 9.44. The first-order chi connectivity index (χ1) is 25.8. The van der Waals surface area contributed by atoms with Gasteiger partial charge in [0.05, 0.1) is 42.6 Å². The van der Waals surface area contributed by atoms with Crippen molar-refractivity contribution in [2.45, 2.75) is 55.0 Å². The molecule has 3 aromatic rings. The number of hydrogen-bond donors (Lipinski definition) is 7. The van der Waals surface area contributed by atoms with Gasteiger partial charge in [-0.15, -0.1) is 11.6 Å². The van der Waals surface area contributed by atoms with Crippen molar-refractivity contribution in [2.75, 3.05) is 46.2 Å². The molecule has 4 rings (SSSR count). The molecule has 0 fully saturated rings. The normalized spacial score (nSPS) is 19.4. The van der Waals surface area contributed by atoms with Gasteiger partial charge in [0.1, 0.15) is 46.8 Å². The van der Waals surface area contributed by atoms with Crippen LogP contribution in [0.4, 0.5) is 0 Å². The van der Waals surface area contributed by atoms with E-state index >= 15 is 0 Å². The Bertz CT molecular complexity index is 1820. The average Bonchev–Trinajstić information content (AvgIpc) is 3.18. The Morgan fingerprint density at radius 2 is 1.72 bits per heavy atom. The minimum absolute atomic E-state index is 0.00568. The van der Waals surface area contributed by atoms with E-state index in [0.717, 1.165) is 11.1 Å². The van der Waals surface area contributed by atoms with E-state index in [9.17, 15) is 35.6 Å². The zero-order valence-electron chi connectivity index (χ0n) is 30.1. The van der Waals surface area contributed by atoms with Crippen molar-refractivity contribution in [2.24, 2.45) is 0 Å². The molecule has 15 heteroatoms. The molecule has 1 aromatic heterocycles. The van der Waals surface area contributed by atoms with Gasteiger partial charge in [-0.2, -0.15) is 5.26 Å². The Morgan fingerprint density at radius 3 is 2.37 bits per heavy atom. The zero-order valence-corrected chi connectivity index (χ0v) is 31.6. The van der Waals surface area contributed by atoms with Crippen LogP contribution in [-0.4, -0.2) is 104 Å². The predicted octanol–water partition coefficient (Wildman–Crippen LogP) is 3.59. The molecule has 0 spiro atoms. The highest BCUT2D eigenvalue weighted by molar-refractivity contribution is 6.32. The van der Waals surface area contributed by atoms with E-state index in [2.05, 4.69) is 15.6 Å². The summed E-state index contributed by atoms with van der Waals surface area (Å²) < 4.78 is 19.2. The van der Waals surface area contributed by atoms with E-state index in [1.165, 1.54) is 13.1 Å². The lowest BCUT2D eigenvalue weighted by Gasteiger charge is -2.45. The quantitative estimate of drug-likeness (QED) is 0.0610. The number of aromatic nitrogens is 1. The highest BCUT2D eigenvalue weighted by Crippen LogP contribution is 2.47. The largest absolute Gasteiger partial charge is 0.488 e. The van der Waals surface area contributed by atoms with Gasteiger partial charge in [0.2, 0.25) is 0 Å². The number of benzene rings is 2. The number of rotatable bonds is 21. The van der Waals surface area contributed by atoms with Crippen molar-refractivity contribution >= 4 is 34.7 Å². The summed E-state index contributed by atoms with van der Waals surface area (Å²) in [7, 11) is 0. The molecule has 0 saturated heterocycles. The second-order valence-corrected chi connectivity index (χ2v) is 14.6. The van der Waals surface area contributed by atoms with Gasteiger partial charge in [-0.25, -0.2) is 0 Å². The molecule has 290 valence electrons. The smallest absolute Gasteiger partial charge is 0.326 e. The molecule has 3 atom stereocenters. The van der Waals surface area contributed by atoms with Crippen LogP contribution in [0.2, 0.25) is 5.02 Å². The summed E-state index contributed by atoms with van der Waals surface area (Å²) in [6.07, 6.45) is 8.98. The number of carboxylic acid groups (broad SMARTS) is 1. The van der Waals surface area contributed by atoms with Crippen LogP contribution in [0, 0.1) is 11.3 Å². The van der Waals surface area contributed by atoms with E-state index in [0.29, 0.717) is 29.7 Å². The first-order valence-corrected chi connectivity index (χ1v) is 17.9. The molecule has 54 heavy (non-hydrogen) atoms.